The maximum atomic E-state index is 13.6. The summed E-state index contributed by atoms with van der Waals surface area (Å²) >= 11 is 2.19. The predicted octanol–water partition coefficient (Wildman–Crippen LogP) is 5.10. The van der Waals surface area contributed by atoms with Crippen LogP contribution >= 0.6 is 22.6 Å². The zero-order chi connectivity index (χ0) is 22.0. The number of halogens is 1. The summed E-state index contributed by atoms with van der Waals surface area (Å²) in [6, 6.07) is 14.0. The average molecular weight is 530 g/mol. The van der Waals surface area contributed by atoms with Crippen LogP contribution in [0, 0.1) is 10.5 Å². The number of carbonyl (C=O) groups excluding carboxylic acids is 3. The van der Waals surface area contributed by atoms with Crippen molar-refractivity contribution in [3.8, 4) is 0 Å². The quantitative estimate of drug-likeness (QED) is 0.314. The van der Waals surface area contributed by atoms with Gasteiger partial charge in [-0.2, -0.15) is 0 Å². The molecule has 2 aromatic rings. The van der Waals surface area contributed by atoms with Gasteiger partial charge in [0.15, 0.2) is 0 Å². The van der Waals surface area contributed by atoms with Crippen molar-refractivity contribution in [2.24, 2.45) is 0 Å². The van der Waals surface area contributed by atoms with Crippen molar-refractivity contribution in [3.63, 3.8) is 0 Å². The van der Waals surface area contributed by atoms with E-state index in [1.54, 1.807) is 17.0 Å². The van der Waals surface area contributed by atoms with E-state index in [1.165, 1.54) is 4.90 Å². The van der Waals surface area contributed by atoms with Gasteiger partial charge in [0.25, 0.3) is 11.8 Å². The van der Waals surface area contributed by atoms with Crippen LogP contribution in [0.25, 0.3) is 0 Å². The molecule has 0 spiro atoms. The number of amides is 3. The fraction of sp³-hybridized carbons (Fsp3) is 0.400. The minimum absolute atomic E-state index is 0.0188. The molecule has 1 heterocycles. The Bertz CT molecular complexity index is 963. The van der Waals surface area contributed by atoms with Gasteiger partial charge in [-0.3, -0.25) is 14.4 Å². The topological polar surface area (TPSA) is 57.7 Å². The molecule has 2 fully saturated rings. The molecule has 1 saturated carbocycles. The lowest BCUT2D eigenvalue weighted by Crippen LogP contribution is -2.50. The van der Waals surface area contributed by atoms with Crippen LogP contribution in [0.4, 0.5) is 5.69 Å². The van der Waals surface area contributed by atoms with Crippen molar-refractivity contribution in [1.29, 1.82) is 0 Å². The van der Waals surface area contributed by atoms with Crippen molar-refractivity contribution in [1.82, 2.24) is 4.90 Å². The average Bonchev–Trinajstić information content (AvgIpc) is 2.92. The van der Waals surface area contributed by atoms with Gasteiger partial charge in [0.2, 0.25) is 5.91 Å². The zero-order valence-corrected chi connectivity index (χ0v) is 19.9. The minimum Gasteiger partial charge on any atom is -0.323 e. The Balaban J connectivity index is 1.68. The third-order valence-electron chi connectivity index (χ3n) is 6.29. The molecule has 1 unspecified atom stereocenters. The van der Waals surface area contributed by atoms with E-state index in [4.69, 9.17) is 0 Å². The molecule has 1 aliphatic carbocycles. The number of imide groups is 1. The number of rotatable bonds is 4. The summed E-state index contributed by atoms with van der Waals surface area (Å²) < 4.78 is 1.03. The molecule has 0 aromatic heterocycles. The second-order valence-corrected chi connectivity index (χ2v) is 9.73. The van der Waals surface area contributed by atoms with Crippen LogP contribution in [0.3, 0.4) is 0 Å². The third kappa shape index (κ3) is 4.68. The van der Waals surface area contributed by atoms with Crippen molar-refractivity contribution >= 4 is 46.0 Å². The van der Waals surface area contributed by atoms with Gasteiger partial charge in [-0.15, -0.1) is 0 Å². The molecule has 1 saturated heterocycles. The SMILES string of the molecule is Cc1ccc(C(=O)N(C2CCCCCC2)C2CC(=O)N(c3ccc(I)cc3)C2=O)cc1. The Kier molecular flexibility index (Phi) is 6.74. The van der Waals surface area contributed by atoms with E-state index in [0.29, 0.717) is 11.3 Å². The lowest BCUT2D eigenvalue weighted by atomic mass is 10.0. The van der Waals surface area contributed by atoms with E-state index < -0.39 is 6.04 Å². The predicted molar refractivity (Wildman–Crippen MR) is 129 cm³/mol. The van der Waals surface area contributed by atoms with E-state index in [0.717, 1.165) is 47.7 Å². The first-order valence-corrected chi connectivity index (χ1v) is 12.1. The highest BCUT2D eigenvalue weighted by molar-refractivity contribution is 14.1. The molecule has 4 rings (SSSR count). The number of hydrogen-bond acceptors (Lipinski definition) is 3. The summed E-state index contributed by atoms with van der Waals surface area (Å²) in [5.74, 6) is -0.690. The third-order valence-corrected chi connectivity index (χ3v) is 7.01. The van der Waals surface area contributed by atoms with Gasteiger partial charge in [0.05, 0.1) is 12.1 Å². The standard InChI is InChI=1S/C25H27IN2O3/c1-17-8-10-18(11-9-17)24(30)27(20-6-4-2-3-5-7-20)22-16-23(29)28(25(22)31)21-14-12-19(26)13-15-21/h8-15,20,22H,2-7,16H2,1H3. The van der Waals surface area contributed by atoms with Crippen LogP contribution in [-0.4, -0.2) is 34.7 Å². The van der Waals surface area contributed by atoms with Crippen LogP contribution in [0.15, 0.2) is 48.5 Å². The smallest absolute Gasteiger partial charge is 0.257 e. The Morgan fingerprint density at radius 2 is 1.55 bits per heavy atom. The minimum atomic E-state index is -0.747. The van der Waals surface area contributed by atoms with E-state index in [2.05, 4.69) is 22.6 Å². The van der Waals surface area contributed by atoms with Crippen LogP contribution in [0.1, 0.15) is 60.9 Å². The van der Waals surface area contributed by atoms with Crippen molar-refractivity contribution < 1.29 is 14.4 Å². The molecule has 0 N–H and O–H groups in total. The molecule has 162 valence electrons. The highest BCUT2D eigenvalue weighted by Crippen LogP contribution is 2.32. The summed E-state index contributed by atoms with van der Waals surface area (Å²) in [7, 11) is 0. The Labute approximate surface area is 196 Å². The molecule has 3 amide bonds. The summed E-state index contributed by atoms with van der Waals surface area (Å²) in [6.45, 7) is 1.98. The normalized spacial score (nSPS) is 20.1. The highest BCUT2D eigenvalue weighted by Gasteiger charge is 2.46. The summed E-state index contributed by atoms with van der Waals surface area (Å²) in [5, 5.41) is 0. The number of aryl methyl sites for hydroxylation is 1. The first-order valence-electron chi connectivity index (χ1n) is 11.0. The van der Waals surface area contributed by atoms with Crippen molar-refractivity contribution in [3.05, 3.63) is 63.2 Å². The second-order valence-electron chi connectivity index (χ2n) is 8.49. The highest BCUT2D eigenvalue weighted by atomic mass is 127. The molecule has 1 aliphatic heterocycles. The summed E-state index contributed by atoms with van der Waals surface area (Å²) in [6.07, 6.45) is 6.16. The van der Waals surface area contributed by atoms with E-state index in [-0.39, 0.29) is 30.2 Å². The molecule has 1 atom stereocenters. The zero-order valence-electron chi connectivity index (χ0n) is 17.7. The molecule has 5 nitrogen and oxygen atoms in total. The lowest BCUT2D eigenvalue weighted by molar-refractivity contribution is -0.123. The maximum Gasteiger partial charge on any atom is 0.257 e. The summed E-state index contributed by atoms with van der Waals surface area (Å²) in [5.41, 5.74) is 2.22. The first kappa shape index (κ1) is 22.0. The molecular weight excluding hydrogens is 503 g/mol. The van der Waals surface area contributed by atoms with Gasteiger partial charge >= 0.3 is 0 Å². The number of nitrogens with zero attached hydrogens (tertiary/aromatic N) is 2. The van der Waals surface area contributed by atoms with Gasteiger partial charge < -0.3 is 4.90 Å². The first-order chi connectivity index (χ1) is 15.0. The molecule has 31 heavy (non-hydrogen) atoms. The maximum absolute atomic E-state index is 13.6. The largest absolute Gasteiger partial charge is 0.323 e. The Hall–Kier alpha value is -2.22. The van der Waals surface area contributed by atoms with Crippen LogP contribution < -0.4 is 4.90 Å². The van der Waals surface area contributed by atoms with E-state index in [1.807, 2.05) is 43.3 Å². The van der Waals surface area contributed by atoms with Gasteiger partial charge in [-0.05, 0) is 78.8 Å². The van der Waals surface area contributed by atoms with Gasteiger partial charge in [0, 0.05) is 15.2 Å². The van der Waals surface area contributed by atoms with Gasteiger partial charge in [-0.25, -0.2) is 4.90 Å². The lowest BCUT2D eigenvalue weighted by Gasteiger charge is -2.35. The number of carbonyl (C=O) groups is 3. The fourth-order valence-electron chi connectivity index (χ4n) is 4.64. The van der Waals surface area contributed by atoms with Crippen LogP contribution in [0.5, 0.6) is 0 Å². The van der Waals surface area contributed by atoms with Gasteiger partial charge in [-0.1, -0.05) is 43.4 Å². The number of benzene rings is 2. The molecular formula is C25H27IN2O3. The molecule has 0 bridgehead atoms. The Morgan fingerprint density at radius 1 is 0.935 bits per heavy atom. The van der Waals surface area contributed by atoms with Gasteiger partial charge in [0.1, 0.15) is 6.04 Å². The van der Waals surface area contributed by atoms with Crippen LogP contribution in [-0.2, 0) is 9.59 Å². The summed E-state index contributed by atoms with van der Waals surface area (Å²) in [4.78, 5) is 43.0. The molecule has 0 radical (unpaired) electrons. The molecule has 2 aromatic carbocycles. The number of anilines is 1. The fourth-order valence-corrected chi connectivity index (χ4v) is 5.00. The van der Waals surface area contributed by atoms with Crippen LogP contribution in [0.2, 0.25) is 0 Å². The second kappa shape index (κ2) is 9.51. The van der Waals surface area contributed by atoms with E-state index >= 15 is 0 Å². The Morgan fingerprint density at radius 3 is 2.16 bits per heavy atom. The number of hydrogen-bond donors (Lipinski definition) is 0. The monoisotopic (exact) mass is 530 g/mol. The molecule has 6 heteroatoms. The molecule has 2 aliphatic rings. The van der Waals surface area contributed by atoms with E-state index in [9.17, 15) is 14.4 Å². The van der Waals surface area contributed by atoms with Crippen molar-refractivity contribution in [2.45, 2.75) is 64.0 Å². The van der Waals surface area contributed by atoms with Crippen molar-refractivity contribution in [2.75, 3.05) is 4.90 Å².